The van der Waals surface area contributed by atoms with Crippen molar-refractivity contribution in [3.8, 4) is 5.75 Å². The second-order valence-corrected chi connectivity index (χ2v) is 10.3. The summed E-state index contributed by atoms with van der Waals surface area (Å²) in [5.41, 5.74) is -3.16. The second kappa shape index (κ2) is 9.93. The molecule has 0 saturated carbocycles. The molecule has 6 nitrogen and oxygen atoms in total. The molecule has 1 N–H and O–H groups in total. The van der Waals surface area contributed by atoms with Crippen LogP contribution in [0.25, 0.3) is 0 Å². The number of benzene rings is 3. The van der Waals surface area contributed by atoms with Gasteiger partial charge in [-0.05, 0) is 48.9 Å². The Bertz CT molecular complexity index is 1540. The van der Waals surface area contributed by atoms with E-state index in [4.69, 9.17) is 4.74 Å². The minimum Gasteiger partial charge on any atom is -0.423 e. The Hall–Kier alpha value is -4.35. The normalized spacial score (nSPS) is 22.3. The number of halogens is 6. The maximum Gasteiger partial charge on any atom is 0.416 e. The summed E-state index contributed by atoms with van der Waals surface area (Å²) in [6, 6.07) is 12.9. The summed E-state index contributed by atoms with van der Waals surface area (Å²) in [6.07, 6.45) is -10.00. The van der Waals surface area contributed by atoms with E-state index in [0.29, 0.717) is 11.6 Å². The molecule has 2 aliphatic heterocycles. The van der Waals surface area contributed by atoms with Gasteiger partial charge in [-0.2, -0.15) is 26.3 Å². The topological polar surface area (TPSA) is 75.7 Å². The molecule has 2 unspecified atom stereocenters. The van der Waals surface area contributed by atoms with E-state index in [1.54, 1.807) is 19.1 Å². The zero-order valence-corrected chi connectivity index (χ0v) is 21.3. The van der Waals surface area contributed by atoms with Gasteiger partial charge in [-0.25, -0.2) is 4.79 Å². The van der Waals surface area contributed by atoms with Gasteiger partial charge in [0.25, 0.3) is 5.91 Å². The van der Waals surface area contributed by atoms with Gasteiger partial charge < -0.3 is 15.0 Å². The standard InChI is InChI=1S/C29H22F6N2O4/c1-27-14-21(20-10-2-3-11-22(20)41-25(40)17-7-5-9-19(13-17)29(33,34)35)37(26(27)36-23(38)15-27)24(39)16-6-4-8-18(12-16)28(30,31)32/h2-13,21,26H,14-15H2,1H3,(H,36,38)/t21?,26?,27-/m1/s1. The zero-order chi connectivity index (χ0) is 29.7. The molecule has 5 rings (SSSR count). The number of nitrogens with one attached hydrogen (secondary N) is 1. The number of likely N-dealkylation sites (tertiary alicyclic amines) is 1. The van der Waals surface area contributed by atoms with Gasteiger partial charge in [0, 0.05) is 23.0 Å². The number of hydrogen-bond acceptors (Lipinski definition) is 4. The molecule has 0 spiro atoms. The van der Waals surface area contributed by atoms with Crippen LogP contribution in [0, 0.1) is 5.41 Å². The van der Waals surface area contributed by atoms with Crippen LogP contribution in [0.5, 0.6) is 5.75 Å². The monoisotopic (exact) mass is 576 g/mol. The van der Waals surface area contributed by atoms with Crippen molar-refractivity contribution in [1.82, 2.24) is 10.2 Å². The summed E-state index contributed by atoms with van der Waals surface area (Å²) in [4.78, 5) is 40.3. The van der Waals surface area contributed by atoms with E-state index in [1.165, 1.54) is 29.2 Å². The third kappa shape index (κ3) is 5.38. The van der Waals surface area contributed by atoms with Crippen molar-refractivity contribution in [1.29, 1.82) is 0 Å². The molecule has 2 fully saturated rings. The first kappa shape index (κ1) is 28.2. The first-order valence-electron chi connectivity index (χ1n) is 12.4. The summed E-state index contributed by atoms with van der Waals surface area (Å²) in [6.45, 7) is 1.76. The van der Waals surface area contributed by atoms with E-state index in [1.807, 2.05) is 0 Å². The lowest BCUT2D eigenvalue weighted by Gasteiger charge is -2.32. The molecule has 2 heterocycles. The first-order valence-corrected chi connectivity index (χ1v) is 12.4. The first-order chi connectivity index (χ1) is 19.2. The maximum atomic E-state index is 13.8. The number of alkyl halides is 6. The number of esters is 1. The number of nitrogens with zero attached hydrogens (tertiary/aromatic N) is 1. The van der Waals surface area contributed by atoms with Crippen molar-refractivity contribution in [2.24, 2.45) is 5.41 Å². The van der Waals surface area contributed by atoms with Gasteiger partial charge >= 0.3 is 18.3 Å². The van der Waals surface area contributed by atoms with Crippen molar-refractivity contribution in [2.75, 3.05) is 0 Å². The van der Waals surface area contributed by atoms with Crippen LogP contribution in [-0.2, 0) is 17.1 Å². The van der Waals surface area contributed by atoms with Crippen LogP contribution in [0.1, 0.15) is 63.2 Å². The number of hydrogen-bond donors (Lipinski definition) is 1. The Labute approximate surface area is 229 Å². The second-order valence-electron chi connectivity index (χ2n) is 10.3. The van der Waals surface area contributed by atoms with Gasteiger partial charge in [-0.3, -0.25) is 9.59 Å². The Balaban J connectivity index is 1.52. The van der Waals surface area contributed by atoms with Crippen molar-refractivity contribution in [3.05, 3.63) is 101 Å². The lowest BCUT2D eigenvalue weighted by molar-refractivity contribution is -0.138. The summed E-state index contributed by atoms with van der Waals surface area (Å²) in [7, 11) is 0. The Morgan fingerprint density at radius 3 is 2.10 bits per heavy atom. The highest BCUT2D eigenvalue weighted by atomic mass is 19.4. The highest BCUT2D eigenvalue weighted by Crippen LogP contribution is 2.53. The third-order valence-corrected chi connectivity index (χ3v) is 7.37. The van der Waals surface area contributed by atoms with E-state index >= 15 is 0 Å². The van der Waals surface area contributed by atoms with E-state index in [0.717, 1.165) is 30.3 Å². The minimum absolute atomic E-state index is 0.0448. The molecule has 214 valence electrons. The van der Waals surface area contributed by atoms with E-state index < -0.39 is 53.0 Å². The maximum absolute atomic E-state index is 13.8. The van der Waals surface area contributed by atoms with Gasteiger partial charge in [0.05, 0.1) is 22.7 Å². The van der Waals surface area contributed by atoms with Crippen molar-refractivity contribution in [2.45, 2.75) is 44.3 Å². The summed E-state index contributed by atoms with van der Waals surface area (Å²) in [5, 5.41) is 2.74. The fourth-order valence-electron chi connectivity index (χ4n) is 5.48. The smallest absolute Gasteiger partial charge is 0.416 e. The molecule has 41 heavy (non-hydrogen) atoms. The number of carbonyl (C=O) groups is 3. The van der Waals surface area contributed by atoms with Crippen LogP contribution in [-0.4, -0.2) is 28.8 Å². The van der Waals surface area contributed by atoms with Crippen LogP contribution >= 0.6 is 0 Å². The number of ether oxygens (including phenoxy) is 1. The molecule has 2 aliphatic rings. The number of rotatable bonds is 4. The molecule has 3 aromatic carbocycles. The van der Waals surface area contributed by atoms with Crippen LogP contribution < -0.4 is 10.1 Å². The molecule has 2 saturated heterocycles. The van der Waals surface area contributed by atoms with E-state index in [2.05, 4.69) is 5.32 Å². The molecular formula is C29H22F6N2O4. The lowest BCUT2D eigenvalue weighted by Crippen LogP contribution is -2.47. The van der Waals surface area contributed by atoms with Gasteiger partial charge in [0.2, 0.25) is 5.91 Å². The Morgan fingerprint density at radius 2 is 1.46 bits per heavy atom. The molecule has 12 heteroatoms. The van der Waals surface area contributed by atoms with Gasteiger partial charge in [0.1, 0.15) is 11.9 Å². The van der Waals surface area contributed by atoms with Crippen molar-refractivity contribution < 1.29 is 45.5 Å². The quantitative estimate of drug-likeness (QED) is 0.222. The van der Waals surface area contributed by atoms with Gasteiger partial charge in [-0.15, -0.1) is 0 Å². The number of carbonyl (C=O) groups excluding carboxylic acids is 3. The lowest BCUT2D eigenvalue weighted by atomic mass is 9.83. The zero-order valence-electron chi connectivity index (χ0n) is 21.3. The van der Waals surface area contributed by atoms with Gasteiger partial charge in [0.15, 0.2) is 0 Å². The highest BCUT2D eigenvalue weighted by Gasteiger charge is 2.57. The summed E-state index contributed by atoms with van der Waals surface area (Å²) in [5.74, 6) is -2.23. The Kier molecular flexibility index (Phi) is 6.83. The van der Waals surface area contributed by atoms with E-state index in [9.17, 15) is 40.7 Å². The molecular weight excluding hydrogens is 554 g/mol. The highest BCUT2D eigenvalue weighted by molar-refractivity contribution is 5.96. The SMILES string of the molecule is C[C@@]12CC(=O)NC1N(C(=O)c1cccc(C(F)(F)F)c1)C(c1ccccc1OC(=O)c1cccc(C(F)(F)F)c1)C2. The van der Waals surface area contributed by atoms with Crippen molar-refractivity contribution >= 4 is 17.8 Å². The fourth-order valence-corrected chi connectivity index (χ4v) is 5.48. The molecule has 3 aromatic rings. The van der Waals surface area contributed by atoms with Gasteiger partial charge in [-0.1, -0.05) is 37.3 Å². The van der Waals surface area contributed by atoms with Crippen LogP contribution in [0.4, 0.5) is 26.3 Å². The predicted octanol–water partition coefficient (Wildman–Crippen LogP) is 6.38. The van der Waals surface area contributed by atoms with Crippen LogP contribution in [0.2, 0.25) is 0 Å². The average molecular weight is 576 g/mol. The Morgan fingerprint density at radius 1 is 0.878 bits per heavy atom. The average Bonchev–Trinajstić information content (AvgIpc) is 3.35. The van der Waals surface area contributed by atoms with E-state index in [-0.39, 0.29) is 35.6 Å². The molecule has 0 bridgehead atoms. The fraction of sp³-hybridized carbons (Fsp3) is 0.276. The molecule has 0 aliphatic carbocycles. The predicted molar refractivity (Wildman–Crippen MR) is 132 cm³/mol. The van der Waals surface area contributed by atoms with Crippen LogP contribution in [0.3, 0.4) is 0 Å². The van der Waals surface area contributed by atoms with Crippen molar-refractivity contribution in [3.63, 3.8) is 0 Å². The number of fused-ring (bicyclic) bond motifs is 1. The minimum atomic E-state index is -4.69. The largest absolute Gasteiger partial charge is 0.423 e. The summed E-state index contributed by atoms with van der Waals surface area (Å²) >= 11 is 0. The summed E-state index contributed by atoms with van der Waals surface area (Å²) < 4.78 is 85.2. The molecule has 3 atom stereocenters. The number of para-hydroxylation sites is 1. The number of amides is 2. The third-order valence-electron chi connectivity index (χ3n) is 7.37. The molecule has 2 amide bonds. The molecule has 0 aromatic heterocycles. The van der Waals surface area contributed by atoms with Crippen LogP contribution in [0.15, 0.2) is 72.8 Å². The molecule has 0 radical (unpaired) electrons.